The van der Waals surface area contributed by atoms with E-state index in [1.807, 2.05) is 0 Å². The van der Waals surface area contributed by atoms with Gasteiger partial charge in [0.15, 0.2) is 0 Å². The molecule has 0 aromatic carbocycles. The van der Waals surface area contributed by atoms with Gasteiger partial charge in [-0.2, -0.15) is 0 Å². The van der Waals surface area contributed by atoms with E-state index in [-0.39, 0.29) is 5.60 Å². The summed E-state index contributed by atoms with van der Waals surface area (Å²) in [6, 6.07) is 0. The zero-order chi connectivity index (χ0) is 10.1. The third-order valence-corrected chi connectivity index (χ3v) is 4.00. The Kier molecular flexibility index (Phi) is 3.06. The lowest BCUT2D eigenvalue weighted by Gasteiger charge is -2.43. The third-order valence-electron chi connectivity index (χ3n) is 4.00. The van der Waals surface area contributed by atoms with Crippen LogP contribution >= 0.6 is 0 Å². The predicted molar refractivity (Wildman–Crippen MR) is 56.7 cm³/mol. The Hall–Kier alpha value is -0.0400. The molecule has 1 N–H and O–H groups in total. The van der Waals surface area contributed by atoms with Crippen LogP contribution in [0.15, 0.2) is 0 Å². The average Bonchev–Trinajstić information content (AvgIpc) is 2.09. The molecule has 1 aliphatic carbocycles. The molecule has 1 atom stereocenters. The van der Waals surface area contributed by atoms with Gasteiger partial charge in [0.05, 0.1) is 5.60 Å². The molecule has 0 radical (unpaired) electrons. The molecule has 78 valence electrons. The summed E-state index contributed by atoms with van der Waals surface area (Å²) in [5, 5.41) is 10.4. The molecule has 0 bridgehead atoms. The second-order valence-corrected chi connectivity index (χ2v) is 5.58. The van der Waals surface area contributed by atoms with Crippen molar-refractivity contribution < 1.29 is 5.11 Å². The first-order chi connectivity index (χ1) is 5.90. The Morgan fingerprint density at radius 2 is 1.62 bits per heavy atom. The van der Waals surface area contributed by atoms with E-state index in [0.717, 1.165) is 19.3 Å². The molecular weight excluding hydrogens is 160 g/mol. The minimum Gasteiger partial charge on any atom is -0.390 e. The number of rotatable bonds is 2. The molecule has 1 aliphatic rings. The summed E-state index contributed by atoms with van der Waals surface area (Å²) in [5.74, 6) is 0.462. The van der Waals surface area contributed by atoms with E-state index in [0.29, 0.717) is 11.3 Å². The largest absolute Gasteiger partial charge is 0.390 e. The second-order valence-electron chi connectivity index (χ2n) is 5.58. The highest BCUT2D eigenvalue weighted by Crippen LogP contribution is 2.43. The molecule has 1 fully saturated rings. The molecule has 0 aromatic heterocycles. The van der Waals surface area contributed by atoms with Crippen LogP contribution in [0.1, 0.15) is 59.8 Å². The summed E-state index contributed by atoms with van der Waals surface area (Å²) < 4.78 is 0. The smallest absolute Gasteiger partial charge is 0.0673 e. The minimum atomic E-state index is -0.357. The molecule has 13 heavy (non-hydrogen) atoms. The van der Waals surface area contributed by atoms with Gasteiger partial charge < -0.3 is 5.11 Å². The lowest BCUT2D eigenvalue weighted by Crippen LogP contribution is -2.42. The van der Waals surface area contributed by atoms with Crippen LogP contribution in [0.4, 0.5) is 0 Å². The van der Waals surface area contributed by atoms with Crippen molar-refractivity contribution in [1.82, 2.24) is 0 Å². The Bertz CT molecular complexity index is 162. The molecule has 0 heterocycles. The highest BCUT2D eigenvalue weighted by molar-refractivity contribution is 4.91. The molecule has 0 spiro atoms. The van der Waals surface area contributed by atoms with Gasteiger partial charge in [0, 0.05) is 0 Å². The predicted octanol–water partition coefficient (Wildman–Crippen LogP) is 3.36. The van der Waals surface area contributed by atoms with E-state index in [9.17, 15) is 5.11 Å². The average molecular weight is 184 g/mol. The van der Waals surface area contributed by atoms with Crippen molar-refractivity contribution in [1.29, 1.82) is 0 Å². The highest BCUT2D eigenvalue weighted by Gasteiger charge is 2.39. The van der Waals surface area contributed by atoms with Crippen molar-refractivity contribution in [3.05, 3.63) is 0 Å². The maximum Gasteiger partial charge on any atom is 0.0673 e. The zero-order valence-corrected chi connectivity index (χ0v) is 9.56. The van der Waals surface area contributed by atoms with Gasteiger partial charge in [-0.1, -0.05) is 34.1 Å². The molecule has 1 saturated carbocycles. The Balaban J connectivity index is 2.56. The van der Waals surface area contributed by atoms with Crippen molar-refractivity contribution in [2.75, 3.05) is 0 Å². The highest BCUT2D eigenvalue weighted by atomic mass is 16.3. The van der Waals surface area contributed by atoms with Gasteiger partial charge >= 0.3 is 0 Å². The van der Waals surface area contributed by atoms with Crippen LogP contribution < -0.4 is 0 Å². The van der Waals surface area contributed by atoms with Crippen LogP contribution in [0.2, 0.25) is 0 Å². The van der Waals surface area contributed by atoms with Crippen molar-refractivity contribution in [2.45, 2.75) is 65.4 Å². The fourth-order valence-corrected chi connectivity index (χ4v) is 2.23. The van der Waals surface area contributed by atoms with Gasteiger partial charge in [-0.25, -0.2) is 0 Å². The summed E-state index contributed by atoms with van der Waals surface area (Å²) in [6.45, 7) is 8.97. The van der Waals surface area contributed by atoms with E-state index in [4.69, 9.17) is 0 Å². The summed E-state index contributed by atoms with van der Waals surface area (Å²) in [6.07, 6.45) is 5.43. The molecule has 1 rings (SSSR count). The van der Waals surface area contributed by atoms with E-state index < -0.39 is 0 Å². The van der Waals surface area contributed by atoms with E-state index in [1.165, 1.54) is 12.8 Å². The maximum atomic E-state index is 10.4. The molecule has 1 heteroatoms. The first-order valence-corrected chi connectivity index (χ1v) is 5.62. The van der Waals surface area contributed by atoms with E-state index in [2.05, 4.69) is 27.7 Å². The number of aliphatic hydroxyl groups is 1. The van der Waals surface area contributed by atoms with Gasteiger partial charge in [0.25, 0.3) is 0 Å². The van der Waals surface area contributed by atoms with Crippen LogP contribution in [0.5, 0.6) is 0 Å². The molecule has 1 nitrogen and oxygen atoms in total. The van der Waals surface area contributed by atoms with Crippen molar-refractivity contribution in [3.8, 4) is 0 Å². The van der Waals surface area contributed by atoms with Crippen LogP contribution in [0.25, 0.3) is 0 Å². The topological polar surface area (TPSA) is 20.2 Å². The summed E-state index contributed by atoms with van der Waals surface area (Å²) in [7, 11) is 0. The fraction of sp³-hybridized carbons (Fsp3) is 1.00. The molecule has 1 unspecified atom stereocenters. The van der Waals surface area contributed by atoms with Crippen LogP contribution in [0, 0.1) is 11.3 Å². The van der Waals surface area contributed by atoms with Crippen molar-refractivity contribution in [2.24, 2.45) is 11.3 Å². The molecule has 0 saturated heterocycles. The Labute approximate surface area is 82.5 Å². The minimum absolute atomic E-state index is 0.357. The van der Waals surface area contributed by atoms with Crippen LogP contribution in [-0.2, 0) is 0 Å². The van der Waals surface area contributed by atoms with Gasteiger partial charge in [-0.15, -0.1) is 0 Å². The normalized spacial score (nSPS) is 28.4. The maximum absolute atomic E-state index is 10.4. The Morgan fingerprint density at radius 3 is 2.00 bits per heavy atom. The van der Waals surface area contributed by atoms with E-state index in [1.54, 1.807) is 0 Å². The molecule has 0 amide bonds. The van der Waals surface area contributed by atoms with Crippen LogP contribution in [-0.4, -0.2) is 10.7 Å². The Morgan fingerprint density at radius 1 is 1.15 bits per heavy atom. The van der Waals surface area contributed by atoms with Gasteiger partial charge in [-0.05, 0) is 37.0 Å². The fourth-order valence-electron chi connectivity index (χ4n) is 2.23. The lowest BCUT2D eigenvalue weighted by molar-refractivity contribution is -0.0671. The summed E-state index contributed by atoms with van der Waals surface area (Å²) in [4.78, 5) is 0. The third kappa shape index (κ3) is 2.46. The van der Waals surface area contributed by atoms with E-state index >= 15 is 0 Å². The summed E-state index contributed by atoms with van der Waals surface area (Å²) >= 11 is 0. The standard InChI is InChI=1S/C12H24O/c1-5-10(2)12(13)8-6-11(3,4)7-9-12/h10,13H,5-9H2,1-4H3. The lowest BCUT2D eigenvalue weighted by atomic mass is 9.67. The van der Waals surface area contributed by atoms with Gasteiger partial charge in [0.1, 0.15) is 0 Å². The van der Waals surface area contributed by atoms with Crippen molar-refractivity contribution >= 4 is 0 Å². The van der Waals surface area contributed by atoms with Crippen molar-refractivity contribution in [3.63, 3.8) is 0 Å². The van der Waals surface area contributed by atoms with Crippen LogP contribution in [0.3, 0.4) is 0 Å². The first-order valence-electron chi connectivity index (χ1n) is 5.62. The molecular formula is C12H24O. The molecule has 0 aliphatic heterocycles. The monoisotopic (exact) mass is 184 g/mol. The SMILES string of the molecule is CCC(C)C1(O)CCC(C)(C)CC1. The quantitative estimate of drug-likeness (QED) is 0.697. The number of hydrogen-bond acceptors (Lipinski definition) is 1. The second kappa shape index (κ2) is 3.61. The van der Waals surface area contributed by atoms with Gasteiger partial charge in [-0.3, -0.25) is 0 Å². The summed E-state index contributed by atoms with van der Waals surface area (Å²) in [5.41, 5.74) is 0.101. The number of hydrogen-bond donors (Lipinski definition) is 1. The zero-order valence-electron chi connectivity index (χ0n) is 9.56. The molecule has 0 aromatic rings. The van der Waals surface area contributed by atoms with Gasteiger partial charge in [0.2, 0.25) is 0 Å². The first kappa shape index (κ1) is 11.0.